The molecule has 29 heavy (non-hydrogen) atoms. The molecule has 3 aromatic carbocycles. The van der Waals surface area contributed by atoms with Gasteiger partial charge in [-0.2, -0.15) is 0 Å². The lowest BCUT2D eigenvalue weighted by molar-refractivity contribution is 0.145. The summed E-state index contributed by atoms with van der Waals surface area (Å²) < 4.78 is 6.33. The van der Waals surface area contributed by atoms with E-state index in [0.29, 0.717) is 0 Å². The predicted octanol–water partition coefficient (Wildman–Crippen LogP) is 4.68. The number of benzene rings is 3. The van der Waals surface area contributed by atoms with E-state index in [1.807, 2.05) is 30.3 Å². The van der Waals surface area contributed by atoms with E-state index in [9.17, 15) is 0 Å². The van der Waals surface area contributed by atoms with E-state index < -0.39 is 0 Å². The van der Waals surface area contributed by atoms with E-state index >= 15 is 0 Å². The van der Waals surface area contributed by atoms with E-state index in [-0.39, 0.29) is 6.10 Å². The number of nitrogen functional groups attached to an aromatic ring is 1. The van der Waals surface area contributed by atoms with Crippen LogP contribution in [0.3, 0.4) is 0 Å². The minimum absolute atomic E-state index is 0.0569. The first-order valence-electron chi connectivity index (χ1n) is 10.0. The third-order valence-electron chi connectivity index (χ3n) is 5.11. The molecule has 1 aliphatic rings. The van der Waals surface area contributed by atoms with Crippen molar-refractivity contribution in [1.29, 1.82) is 0 Å². The molecule has 0 bridgehead atoms. The Hall–Kier alpha value is -3.40. The van der Waals surface area contributed by atoms with Crippen LogP contribution in [0.1, 0.15) is 17.2 Å². The monoisotopic (exact) mass is 385 g/mol. The summed E-state index contributed by atoms with van der Waals surface area (Å²) in [6, 6.07) is 28.6. The van der Waals surface area contributed by atoms with Crippen molar-refractivity contribution in [2.24, 2.45) is 0 Å². The van der Waals surface area contributed by atoms with Crippen molar-refractivity contribution in [3.8, 4) is 5.75 Å². The van der Waals surface area contributed by atoms with Gasteiger partial charge in [-0.25, -0.2) is 0 Å². The molecule has 2 N–H and O–H groups in total. The van der Waals surface area contributed by atoms with Crippen LogP contribution in [0.5, 0.6) is 5.75 Å². The van der Waals surface area contributed by atoms with Gasteiger partial charge in [0.05, 0.1) is 13.2 Å². The van der Waals surface area contributed by atoms with Gasteiger partial charge in [0.15, 0.2) is 0 Å². The molecule has 0 aromatic heterocycles. The molecule has 0 aliphatic carbocycles. The maximum Gasteiger partial charge on any atom is 0.141 e. The number of hydrogen-bond donors (Lipinski definition) is 1. The molecule has 0 radical (unpaired) electrons. The van der Waals surface area contributed by atoms with Gasteiger partial charge >= 0.3 is 0 Å². The smallest absolute Gasteiger partial charge is 0.141 e. The fourth-order valence-corrected chi connectivity index (χ4v) is 3.50. The topological polar surface area (TPSA) is 41.7 Å². The summed E-state index contributed by atoms with van der Waals surface area (Å²) in [5.74, 6) is 0.831. The molecule has 3 aromatic rings. The zero-order valence-corrected chi connectivity index (χ0v) is 16.5. The average molecular weight is 386 g/mol. The van der Waals surface area contributed by atoms with E-state index in [1.54, 1.807) is 0 Å². The standard InChI is InChI=1S/C25H27N3O/c26-23-11-13-24(14-12-23)29-25(22-9-5-2-6-10-22)19-28-18-17-27(20-28)16-15-21-7-3-1-4-8-21/h1-14,17-18,25H,15-16,19-20,26H2. The molecule has 0 saturated heterocycles. The van der Waals surface area contributed by atoms with Crippen molar-refractivity contribution in [1.82, 2.24) is 9.80 Å². The van der Waals surface area contributed by atoms with Crippen molar-refractivity contribution < 1.29 is 4.74 Å². The Bertz CT molecular complexity index is 910. The maximum atomic E-state index is 6.33. The second-order valence-electron chi connectivity index (χ2n) is 7.35. The van der Waals surface area contributed by atoms with E-state index in [4.69, 9.17) is 10.5 Å². The molecule has 4 nitrogen and oxygen atoms in total. The van der Waals surface area contributed by atoms with Crippen molar-refractivity contribution in [3.05, 3.63) is 108 Å². The van der Waals surface area contributed by atoms with Gasteiger partial charge in [-0.3, -0.25) is 0 Å². The van der Waals surface area contributed by atoms with Gasteiger partial charge in [0.2, 0.25) is 0 Å². The number of nitrogens with two attached hydrogens (primary N) is 1. The number of rotatable bonds is 8. The third-order valence-corrected chi connectivity index (χ3v) is 5.11. The Morgan fingerprint density at radius 3 is 2.17 bits per heavy atom. The highest BCUT2D eigenvalue weighted by atomic mass is 16.5. The van der Waals surface area contributed by atoms with Crippen molar-refractivity contribution in [3.63, 3.8) is 0 Å². The van der Waals surface area contributed by atoms with Crippen LogP contribution < -0.4 is 10.5 Å². The van der Waals surface area contributed by atoms with Crippen LogP contribution in [0.4, 0.5) is 5.69 Å². The second kappa shape index (κ2) is 9.20. The summed E-state index contributed by atoms with van der Waals surface area (Å²) in [5, 5.41) is 0. The highest BCUT2D eigenvalue weighted by Gasteiger charge is 2.20. The maximum absolute atomic E-state index is 6.33. The Balaban J connectivity index is 1.37. The van der Waals surface area contributed by atoms with Gasteiger partial charge in [0.1, 0.15) is 11.9 Å². The largest absolute Gasteiger partial charge is 0.484 e. The van der Waals surface area contributed by atoms with Gasteiger partial charge in [0, 0.05) is 24.6 Å². The van der Waals surface area contributed by atoms with Crippen LogP contribution in [0.15, 0.2) is 97.3 Å². The molecule has 4 rings (SSSR count). The number of anilines is 1. The van der Waals surface area contributed by atoms with Crippen molar-refractivity contribution in [2.45, 2.75) is 12.5 Å². The molecule has 0 amide bonds. The van der Waals surface area contributed by atoms with Gasteiger partial charge in [-0.05, 0) is 41.8 Å². The predicted molar refractivity (Wildman–Crippen MR) is 118 cm³/mol. The molecule has 0 saturated carbocycles. The number of nitrogens with zero attached hydrogens (tertiary/aromatic N) is 2. The Kier molecular flexibility index (Phi) is 6.01. The summed E-state index contributed by atoms with van der Waals surface area (Å²) in [7, 11) is 0. The lowest BCUT2D eigenvalue weighted by Crippen LogP contribution is -2.31. The first-order chi connectivity index (χ1) is 14.3. The van der Waals surface area contributed by atoms with Crippen LogP contribution >= 0.6 is 0 Å². The molecule has 1 aliphatic heterocycles. The van der Waals surface area contributed by atoms with Gasteiger partial charge in [-0.1, -0.05) is 60.7 Å². The Morgan fingerprint density at radius 2 is 1.45 bits per heavy atom. The van der Waals surface area contributed by atoms with Crippen LogP contribution in [-0.4, -0.2) is 29.6 Å². The third kappa shape index (κ3) is 5.32. The summed E-state index contributed by atoms with van der Waals surface area (Å²) in [6.07, 6.45) is 5.32. The molecule has 1 atom stereocenters. The first kappa shape index (κ1) is 18.9. The summed E-state index contributed by atoms with van der Waals surface area (Å²) in [5.41, 5.74) is 9.08. The fraction of sp³-hybridized carbons (Fsp3) is 0.200. The molecule has 0 fully saturated rings. The molecular formula is C25H27N3O. The molecule has 1 unspecified atom stereocenters. The SMILES string of the molecule is Nc1ccc(OC(CN2C=CN(CCc3ccccc3)C2)c2ccccc2)cc1. The zero-order valence-electron chi connectivity index (χ0n) is 16.5. The molecule has 148 valence electrons. The van der Waals surface area contributed by atoms with Crippen molar-refractivity contribution in [2.75, 3.05) is 25.5 Å². The lowest BCUT2D eigenvalue weighted by atomic mass is 10.1. The minimum atomic E-state index is -0.0569. The minimum Gasteiger partial charge on any atom is -0.484 e. The number of ether oxygens (including phenoxy) is 1. The Morgan fingerprint density at radius 1 is 0.793 bits per heavy atom. The normalized spacial score (nSPS) is 14.2. The Labute approximate surface area is 172 Å². The quantitative estimate of drug-likeness (QED) is 0.572. The second-order valence-corrected chi connectivity index (χ2v) is 7.35. The van der Waals surface area contributed by atoms with Crippen LogP contribution in [-0.2, 0) is 6.42 Å². The van der Waals surface area contributed by atoms with Crippen LogP contribution in [0, 0.1) is 0 Å². The van der Waals surface area contributed by atoms with Crippen LogP contribution in [0.25, 0.3) is 0 Å². The van der Waals surface area contributed by atoms with Gasteiger partial charge < -0.3 is 20.3 Å². The zero-order chi connectivity index (χ0) is 19.9. The van der Waals surface area contributed by atoms with Crippen molar-refractivity contribution >= 4 is 5.69 Å². The lowest BCUT2D eigenvalue weighted by Gasteiger charge is -2.27. The average Bonchev–Trinajstić information content (AvgIpc) is 3.22. The molecular weight excluding hydrogens is 358 g/mol. The molecule has 4 heteroatoms. The van der Waals surface area contributed by atoms with E-state index in [1.165, 1.54) is 11.1 Å². The molecule has 1 heterocycles. The van der Waals surface area contributed by atoms with Gasteiger partial charge in [-0.15, -0.1) is 0 Å². The highest BCUT2D eigenvalue weighted by Crippen LogP contribution is 2.25. The highest BCUT2D eigenvalue weighted by molar-refractivity contribution is 5.41. The van der Waals surface area contributed by atoms with Gasteiger partial charge in [0.25, 0.3) is 0 Å². The molecule has 0 spiro atoms. The first-order valence-corrected chi connectivity index (χ1v) is 10.0. The fourth-order valence-electron chi connectivity index (χ4n) is 3.50. The van der Waals surface area contributed by atoms with E-state index in [2.05, 4.69) is 76.8 Å². The summed E-state index contributed by atoms with van der Waals surface area (Å²) >= 11 is 0. The summed E-state index contributed by atoms with van der Waals surface area (Å²) in [4.78, 5) is 4.65. The summed E-state index contributed by atoms with van der Waals surface area (Å²) in [6.45, 7) is 2.67. The van der Waals surface area contributed by atoms with E-state index in [0.717, 1.165) is 37.6 Å². The van der Waals surface area contributed by atoms with Crippen LogP contribution in [0.2, 0.25) is 0 Å². The number of hydrogen-bond acceptors (Lipinski definition) is 4.